The van der Waals surface area contributed by atoms with E-state index in [1.165, 1.54) is 11.3 Å². The van der Waals surface area contributed by atoms with Crippen molar-refractivity contribution in [2.75, 3.05) is 7.11 Å². The summed E-state index contributed by atoms with van der Waals surface area (Å²) < 4.78 is 7.08. The number of hydrogen-bond acceptors (Lipinski definition) is 5. The molecule has 0 saturated carbocycles. The van der Waals surface area contributed by atoms with Crippen molar-refractivity contribution in [1.82, 2.24) is 14.6 Å². The first-order valence-electron chi connectivity index (χ1n) is 7.47. The number of aromatic nitrogens is 3. The Labute approximate surface area is 139 Å². The number of aryl methyl sites for hydroxylation is 1. The zero-order valence-electron chi connectivity index (χ0n) is 13.6. The average molecular weight is 326 g/mol. The summed E-state index contributed by atoms with van der Waals surface area (Å²) in [5, 5.41) is 15.2. The van der Waals surface area contributed by atoms with Crippen LogP contribution >= 0.6 is 11.3 Å². The summed E-state index contributed by atoms with van der Waals surface area (Å²) in [4.78, 5) is 5.39. The van der Waals surface area contributed by atoms with E-state index in [0.717, 1.165) is 27.5 Å². The largest absolute Gasteiger partial charge is 0.496 e. The van der Waals surface area contributed by atoms with E-state index in [4.69, 9.17) is 4.74 Å². The molecule has 0 saturated heterocycles. The normalized spacial score (nSPS) is 11.1. The zero-order chi connectivity index (χ0) is 16.6. The van der Waals surface area contributed by atoms with Crippen molar-refractivity contribution in [2.45, 2.75) is 27.2 Å². The van der Waals surface area contributed by atoms with E-state index < -0.39 is 0 Å². The predicted octanol–water partition coefficient (Wildman–Crippen LogP) is 3.85. The van der Waals surface area contributed by atoms with Crippen LogP contribution in [0.25, 0.3) is 16.2 Å². The van der Waals surface area contributed by atoms with Gasteiger partial charge >= 0.3 is 0 Å². The second kappa shape index (κ2) is 6.01. The Morgan fingerprint density at radius 3 is 2.83 bits per heavy atom. The Morgan fingerprint density at radius 2 is 2.17 bits per heavy atom. The van der Waals surface area contributed by atoms with Gasteiger partial charge in [-0.3, -0.25) is 0 Å². The summed E-state index contributed by atoms with van der Waals surface area (Å²) in [7, 11) is 1.62. The lowest BCUT2D eigenvalue weighted by Gasteiger charge is -2.07. The molecule has 118 valence electrons. The van der Waals surface area contributed by atoms with E-state index >= 15 is 0 Å². The van der Waals surface area contributed by atoms with E-state index in [0.29, 0.717) is 23.1 Å². The molecule has 0 aliphatic carbocycles. The lowest BCUT2D eigenvalue weighted by atomic mass is 10.1. The number of nitrogens with zero attached hydrogens (tertiary/aromatic N) is 4. The van der Waals surface area contributed by atoms with Crippen LogP contribution in [0.3, 0.4) is 0 Å². The zero-order valence-corrected chi connectivity index (χ0v) is 14.4. The molecule has 3 aromatic rings. The van der Waals surface area contributed by atoms with Crippen molar-refractivity contribution >= 4 is 16.3 Å². The van der Waals surface area contributed by atoms with Gasteiger partial charge in [-0.25, -0.2) is 4.98 Å². The molecule has 0 spiro atoms. The van der Waals surface area contributed by atoms with E-state index in [2.05, 4.69) is 30.0 Å². The van der Waals surface area contributed by atoms with Crippen molar-refractivity contribution in [3.8, 4) is 23.1 Å². The van der Waals surface area contributed by atoms with Gasteiger partial charge in [0.05, 0.1) is 7.11 Å². The van der Waals surface area contributed by atoms with Crippen LogP contribution in [0.2, 0.25) is 0 Å². The predicted molar refractivity (Wildman–Crippen MR) is 90.8 cm³/mol. The topological polar surface area (TPSA) is 63.2 Å². The fourth-order valence-electron chi connectivity index (χ4n) is 2.51. The van der Waals surface area contributed by atoms with E-state index in [9.17, 15) is 5.26 Å². The lowest BCUT2D eigenvalue weighted by Crippen LogP contribution is -1.97. The quantitative estimate of drug-likeness (QED) is 0.730. The molecule has 0 radical (unpaired) electrons. The molecule has 5 nitrogen and oxygen atoms in total. The van der Waals surface area contributed by atoms with Gasteiger partial charge < -0.3 is 4.74 Å². The van der Waals surface area contributed by atoms with Gasteiger partial charge in [-0.2, -0.15) is 14.9 Å². The maximum Gasteiger partial charge on any atom is 0.214 e. The summed E-state index contributed by atoms with van der Waals surface area (Å²) in [6.45, 7) is 6.31. The minimum atomic E-state index is 0.454. The Morgan fingerprint density at radius 1 is 1.39 bits per heavy atom. The highest BCUT2D eigenvalue weighted by Crippen LogP contribution is 2.34. The third-order valence-corrected chi connectivity index (χ3v) is 4.47. The molecular formula is C17H18N4OS. The van der Waals surface area contributed by atoms with Crippen LogP contribution in [0.4, 0.5) is 0 Å². The fourth-order valence-corrected chi connectivity index (χ4v) is 3.62. The first-order valence-corrected chi connectivity index (χ1v) is 8.28. The average Bonchev–Trinajstić information content (AvgIpc) is 3.02. The van der Waals surface area contributed by atoms with Crippen LogP contribution in [0.1, 0.15) is 30.1 Å². The second-order valence-electron chi connectivity index (χ2n) is 5.91. The number of imidazole rings is 1. The van der Waals surface area contributed by atoms with E-state index in [-0.39, 0.29) is 0 Å². The highest BCUT2D eigenvalue weighted by Gasteiger charge is 2.20. The molecule has 0 fully saturated rings. The molecule has 0 unspecified atom stereocenters. The third-order valence-electron chi connectivity index (χ3n) is 3.54. The molecule has 0 atom stereocenters. The monoisotopic (exact) mass is 326 g/mol. The van der Waals surface area contributed by atoms with Crippen LogP contribution in [0, 0.1) is 24.2 Å². The summed E-state index contributed by atoms with van der Waals surface area (Å²) in [5.41, 5.74) is 3.00. The minimum absolute atomic E-state index is 0.454. The van der Waals surface area contributed by atoms with Gasteiger partial charge in [0.1, 0.15) is 22.5 Å². The van der Waals surface area contributed by atoms with Crippen LogP contribution in [0.15, 0.2) is 18.2 Å². The van der Waals surface area contributed by atoms with Gasteiger partial charge in [0, 0.05) is 12.0 Å². The number of nitriles is 1. The summed E-state index contributed by atoms with van der Waals surface area (Å²) in [6, 6.07) is 8.11. The van der Waals surface area contributed by atoms with Crippen molar-refractivity contribution in [1.29, 1.82) is 5.26 Å². The standard InChI is InChI=1S/C17H18N4OS/c1-10(2)7-15-20-21-13(9-18)16(19-17(21)23-15)12-8-11(3)5-6-14(12)22-4/h5-6,8,10H,7H2,1-4H3. The molecule has 2 heterocycles. The van der Waals surface area contributed by atoms with Crippen LogP contribution in [0.5, 0.6) is 5.75 Å². The summed E-state index contributed by atoms with van der Waals surface area (Å²) >= 11 is 1.54. The van der Waals surface area contributed by atoms with Gasteiger partial charge in [-0.15, -0.1) is 0 Å². The van der Waals surface area contributed by atoms with E-state index in [1.54, 1.807) is 11.6 Å². The number of rotatable bonds is 4. The lowest BCUT2D eigenvalue weighted by molar-refractivity contribution is 0.416. The first-order chi connectivity index (χ1) is 11.0. The molecule has 2 aromatic heterocycles. The minimum Gasteiger partial charge on any atom is -0.496 e. The molecule has 0 aliphatic rings. The molecule has 3 rings (SSSR count). The van der Waals surface area contributed by atoms with Crippen molar-refractivity contribution in [2.24, 2.45) is 5.92 Å². The van der Waals surface area contributed by atoms with Gasteiger partial charge in [-0.1, -0.05) is 36.8 Å². The number of hydrogen-bond donors (Lipinski definition) is 0. The van der Waals surface area contributed by atoms with Crippen LogP contribution < -0.4 is 4.74 Å². The van der Waals surface area contributed by atoms with Crippen molar-refractivity contribution < 1.29 is 4.74 Å². The molecule has 0 amide bonds. The number of ether oxygens (including phenoxy) is 1. The van der Waals surface area contributed by atoms with Gasteiger partial charge in [0.2, 0.25) is 4.96 Å². The molecule has 0 N–H and O–H groups in total. The maximum atomic E-state index is 9.60. The summed E-state index contributed by atoms with van der Waals surface area (Å²) in [6.07, 6.45) is 0.891. The van der Waals surface area contributed by atoms with Crippen molar-refractivity contribution in [3.05, 3.63) is 34.5 Å². The van der Waals surface area contributed by atoms with Gasteiger partial charge in [0.25, 0.3) is 0 Å². The third kappa shape index (κ3) is 2.80. The Kier molecular flexibility index (Phi) is 4.05. The molecule has 6 heteroatoms. The van der Waals surface area contributed by atoms with Crippen molar-refractivity contribution in [3.63, 3.8) is 0 Å². The smallest absolute Gasteiger partial charge is 0.214 e. The Hall–Kier alpha value is -2.39. The first kappa shape index (κ1) is 15.5. The summed E-state index contributed by atoms with van der Waals surface area (Å²) in [5.74, 6) is 1.23. The van der Waals surface area contributed by atoms with Gasteiger partial charge in [0.15, 0.2) is 5.69 Å². The number of methoxy groups -OCH3 is 1. The highest BCUT2D eigenvalue weighted by molar-refractivity contribution is 7.16. The maximum absolute atomic E-state index is 9.60. The SMILES string of the molecule is COc1ccc(C)cc1-c1nc2sc(CC(C)C)nn2c1C#N. The molecule has 23 heavy (non-hydrogen) atoms. The highest BCUT2D eigenvalue weighted by atomic mass is 32.1. The second-order valence-corrected chi connectivity index (χ2v) is 6.95. The number of benzene rings is 1. The Balaban J connectivity index is 2.18. The van der Waals surface area contributed by atoms with Crippen LogP contribution in [-0.2, 0) is 6.42 Å². The number of fused-ring (bicyclic) bond motifs is 1. The van der Waals surface area contributed by atoms with E-state index in [1.807, 2.05) is 25.1 Å². The molecule has 1 aromatic carbocycles. The Bertz CT molecular complexity index is 901. The van der Waals surface area contributed by atoms with Gasteiger partial charge in [-0.05, 0) is 25.0 Å². The van der Waals surface area contributed by atoms with Crippen LogP contribution in [-0.4, -0.2) is 21.7 Å². The fraction of sp³-hybridized carbons (Fsp3) is 0.353. The molecule has 0 bridgehead atoms. The molecule has 0 aliphatic heterocycles. The molecular weight excluding hydrogens is 308 g/mol.